The van der Waals surface area contributed by atoms with Crippen LogP contribution in [0.1, 0.15) is 17.2 Å². The maximum Gasteiger partial charge on any atom is 0.170 e. The molecule has 6 heteroatoms. The Hall–Kier alpha value is -2.15. The average Bonchev–Trinajstić information content (AvgIpc) is 2.71. The molecule has 2 aromatic rings. The summed E-state index contributed by atoms with van der Waals surface area (Å²) in [5, 5.41) is 7.26. The molecule has 0 aliphatic carbocycles. The molecule has 1 aliphatic heterocycles. The molecule has 0 unspecified atom stereocenters. The highest BCUT2D eigenvalue weighted by molar-refractivity contribution is 7.80. The molecular formula is C21H27N3O2S. The summed E-state index contributed by atoms with van der Waals surface area (Å²) in [4.78, 5) is 2.44. The van der Waals surface area contributed by atoms with Gasteiger partial charge in [-0.3, -0.25) is 4.90 Å². The van der Waals surface area contributed by atoms with Gasteiger partial charge in [-0.15, -0.1) is 0 Å². The zero-order valence-electron chi connectivity index (χ0n) is 15.9. The molecule has 27 heavy (non-hydrogen) atoms. The Morgan fingerprint density at radius 2 is 1.78 bits per heavy atom. The van der Waals surface area contributed by atoms with Gasteiger partial charge in [-0.1, -0.05) is 29.8 Å². The first-order chi connectivity index (χ1) is 13.2. The highest BCUT2D eigenvalue weighted by Gasteiger charge is 2.22. The van der Waals surface area contributed by atoms with E-state index in [2.05, 4.69) is 46.7 Å². The average molecular weight is 386 g/mol. The number of aryl methyl sites for hydroxylation is 1. The van der Waals surface area contributed by atoms with E-state index in [4.69, 9.17) is 21.7 Å². The zero-order valence-corrected chi connectivity index (χ0v) is 16.7. The Bertz CT molecular complexity index is 728. The van der Waals surface area contributed by atoms with Crippen molar-refractivity contribution >= 4 is 23.0 Å². The van der Waals surface area contributed by atoms with Gasteiger partial charge < -0.3 is 20.1 Å². The second-order valence-electron chi connectivity index (χ2n) is 6.64. The van der Waals surface area contributed by atoms with Gasteiger partial charge in [0.05, 0.1) is 26.4 Å². The Morgan fingerprint density at radius 1 is 1.11 bits per heavy atom. The largest absolute Gasteiger partial charge is 0.497 e. The monoisotopic (exact) mass is 385 g/mol. The van der Waals surface area contributed by atoms with Crippen molar-refractivity contribution in [3.63, 3.8) is 0 Å². The molecule has 2 aromatic carbocycles. The first kappa shape index (κ1) is 19.6. The molecule has 3 rings (SSSR count). The fourth-order valence-electron chi connectivity index (χ4n) is 3.17. The molecule has 0 saturated carbocycles. The van der Waals surface area contributed by atoms with Crippen molar-refractivity contribution in [1.29, 1.82) is 0 Å². The van der Waals surface area contributed by atoms with E-state index < -0.39 is 0 Å². The fraction of sp³-hybridized carbons (Fsp3) is 0.381. The SMILES string of the molecule is COc1ccc([C@H](CNC(=S)Nc2ccc(C)cc2)N2CCOCC2)cc1. The van der Waals surface area contributed by atoms with E-state index in [9.17, 15) is 0 Å². The minimum absolute atomic E-state index is 0.220. The van der Waals surface area contributed by atoms with E-state index in [0.717, 1.165) is 44.3 Å². The van der Waals surface area contributed by atoms with Crippen molar-refractivity contribution in [1.82, 2.24) is 10.2 Å². The number of benzene rings is 2. The predicted molar refractivity (Wildman–Crippen MR) is 114 cm³/mol. The Balaban J connectivity index is 1.64. The van der Waals surface area contributed by atoms with E-state index in [0.29, 0.717) is 5.11 Å². The molecule has 0 spiro atoms. The van der Waals surface area contributed by atoms with E-state index in [1.807, 2.05) is 24.3 Å². The Labute approximate surface area is 166 Å². The number of methoxy groups -OCH3 is 1. The van der Waals surface area contributed by atoms with Crippen LogP contribution in [0.25, 0.3) is 0 Å². The predicted octanol–water partition coefficient (Wildman–Crippen LogP) is 3.36. The lowest BCUT2D eigenvalue weighted by Gasteiger charge is -2.35. The number of hydrogen-bond acceptors (Lipinski definition) is 4. The van der Waals surface area contributed by atoms with Gasteiger partial charge >= 0.3 is 0 Å². The number of ether oxygens (including phenoxy) is 2. The molecular weight excluding hydrogens is 358 g/mol. The van der Waals surface area contributed by atoms with Crippen molar-refractivity contribution in [2.75, 3.05) is 45.3 Å². The number of rotatable bonds is 6. The summed E-state index contributed by atoms with van der Waals surface area (Å²) in [7, 11) is 1.69. The number of anilines is 1. The lowest BCUT2D eigenvalue weighted by atomic mass is 10.0. The third kappa shape index (κ3) is 5.66. The Kier molecular flexibility index (Phi) is 7.04. The summed E-state index contributed by atoms with van der Waals surface area (Å²) < 4.78 is 10.8. The van der Waals surface area contributed by atoms with E-state index in [-0.39, 0.29) is 6.04 Å². The van der Waals surface area contributed by atoms with Crippen LogP contribution in [-0.4, -0.2) is 50.0 Å². The molecule has 1 heterocycles. The van der Waals surface area contributed by atoms with Gasteiger partial charge in [-0.2, -0.15) is 0 Å². The molecule has 5 nitrogen and oxygen atoms in total. The maximum absolute atomic E-state index is 5.52. The fourth-order valence-corrected chi connectivity index (χ4v) is 3.38. The van der Waals surface area contributed by atoms with Gasteiger partial charge in [0.15, 0.2) is 5.11 Å². The van der Waals surface area contributed by atoms with Crippen LogP contribution in [0.15, 0.2) is 48.5 Å². The van der Waals surface area contributed by atoms with Crippen molar-refractivity contribution in [2.24, 2.45) is 0 Å². The van der Waals surface area contributed by atoms with Crippen molar-refractivity contribution in [3.8, 4) is 5.75 Å². The molecule has 0 bridgehead atoms. The molecule has 0 radical (unpaired) electrons. The summed E-state index contributed by atoms with van der Waals surface area (Å²) in [5.41, 5.74) is 3.46. The van der Waals surface area contributed by atoms with E-state index in [1.54, 1.807) is 7.11 Å². The lowest BCUT2D eigenvalue weighted by molar-refractivity contribution is 0.0170. The van der Waals surface area contributed by atoms with Crippen molar-refractivity contribution in [2.45, 2.75) is 13.0 Å². The van der Waals surface area contributed by atoms with Crippen LogP contribution in [-0.2, 0) is 4.74 Å². The van der Waals surface area contributed by atoms with E-state index in [1.165, 1.54) is 11.1 Å². The number of morpholine rings is 1. The normalized spacial score (nSPS) is 15.8. The number of nitrogens with zero attached hydrogens (tertiary/aromatic N) is 1. The third-order valence-corrected chi connectivity index (χ3v) is 5.00. The second kappa shape index (κ2) is 9.69. The number of thiocarbonyl (C=S) groups is 1. The van der Waals surface area contributed by atoms with Gasteiger partial charge in [-0.25, -0.2) is 0 Å². The summed E-state index contributed by atoms with van der Waals surface area (Å²) in [6, 6.07) is 16.7. The molecule has 1 aliphatic rings. The Morgan fingerprint density at radius 3 is 2.41 bits per heavy atom. The molecule has 1 fully saturated rings. The quantitative estimate of drug-likeness (QED) is 0.744. The number of hydrogen-bond donors (Lipinski definition) is 2. The van der Waals surface area contributed by atoms with Crippen LogP contribution in [0.4, 0.5) is 5.69 Å². The van der Waals surface area contributed by atoms with Crippen LogP contribution >= 0.6 is 12.2 Å². The van der Waals surface area contributed by atoms with Gasteiger partial charge in [0.25, 0.3) is 0 Å². The minimum Gasteiger partial charge on any atom is -0.497 e. The summed E-state index contributed by atoms with van der Waals surface area (Å²) in [5.74, 6) is 0.865. The topological polar surface area (TPSA) is 45.8 Å². The van der Waals surface area contributed by atoms with Gasteiger partial charge in [0.1, 0.15) is 5.75 Å². The van der Waals surface area contributed by atoms with E-state index >= 15 is 0 Å². The van der Waals surface area contributed by atoms with Crippen LogP contribution in [0.5, 0.6) is 5.75 Å². The van der Waals surface area contributed by atoms with Gasteiger partial charge in [0.2, 0.25) is 0 Å². The highest BCUT2D eigenvalue weighted by atomic mass is 32.1. The van der Waals surface area contributed by atoms with Crippen molar-refractivity contribution < 1.29 is 9.47 Å². The highest BCUT2D eigenvalue weighted by Crippen LogP contribution is 2.23. The number of nitrogens with one attached hydrogen (secondary N) is 2. The first-order valence-electron chi connectivity index (χ1n) is 9.23. The minimum atomic E-state index is 0.220. The molecule has 1 saturated heterocycles. The standard InChI is InChI=1S/C21H27N3O2S/c1-16-3-7-18(8-4-16)23-21(27)22-15-20(24-11-13-26-14-12-24)17-5-9-19(25-2)10-6-17/h3-10,20H,11-15H2,1-2H3,(H2,22,23,27)/t20-/m0/s1. The maximum atomic E-state index is 5.52. The third-order valence-electron chi connectivity index (χ3n) is 4.75. The van der Waals surface area contributed by atoms with Crippen molar-refractivity contribution in [3.05, 3.63) is 59.7 Å². The summed E-state index contributed by atoms with van der Waals surface area (Å²) in [6.45, 7) is 6.15. The zero-order chi connectivity index (χ0) is 19.1. The van der Waals surface area contributed by atoms with Gasteiger partial charge in [0, 0.05) is 25.3 Å². The molecule has 1 atom stereocenters. The molecule has 0 amide bonds. The molecule has 144 valence electrons. The van der Waals surface area contributed by atoms with Crippen LogP contribution in [0.2, 0.25) is 0 Å². The molecule has 2 N–H and O–H groups in total. The summed E-state index contributed by atoms with van der Waals surface area (Å²) >= 11 is 5.49. The van der Waals surface area contributed by atoms with Gasteiger partial charge in [-0.05, 0) is 49.0 Å². The summed E-state index contributed by atoms with van der Waals surface area (Å²) in [6.07, 6.45) is 0. The lowest BCUT2D eigenvalue weighted by Crippen LogP contribution is -2.44. The first-order valence-corrected chi connectivity index (χ1v) is 9.64. The van der Waals surface area contributed by atoms with Crippen LogP contribution in [0, 0.1) is 6.92 Å². The van der Waals surface area contributed by atoms with Crippen LogP contribution in [0.3, 0.4) is 0 Å². The second-order valence-corrected chi connectivity index (χ2v) is 7.05. The molecule has 0 aromatic heterocycles. The smallest absolute Gasteiger partial charge is 0.170 e. The van der Waals surface area contributed by atoms with Crippen LogP contribution < -0.4 is 15.4 Å².